The molecule has 0 heterocycles. The minimum Gasteiger partial charge on any atom is -0.508 e. The zero-order chi connectivity index (χ0) is 12.3. The average Bonchev–Trinajstić information content (AvgIpc) is 2.32. The van der Waals surface area contributed by atoms with Crippen LogP contribution in [0.5, 0.6) is 11.5 Å². The summed E-state index contributed by atoms with van der Waals surface area (Å²) in [6, 6.07) is 12.4. The molecular formula is C13H11O3P. The number of phenolic OH excluding ortho intramolecular Hbond substituents is 1. The van der Waals surface area contributed by atoms with Crippen LogP contribution in [-0.4, -0.2) is 5.11 Å². The molecule has 86 valence electrons. The summed E-state index contributed by atoms with van der Waals surface area (Å²) in [5.74, 6) is 0.777. The van der Waals surface area contributed by atoms with Crippen molar-refractivity contribution in [3.05, 3.63) is 48.0 Å². The molecule has 0 aromatic heterocycles. The van der Waals surface area contributed by atoms with Crippen LogP contribution in [0.3, 0.4) is 0 Å². The van der Waals surface area contributed by atoms with E-state index in [4.69, 9.17) is 4.52 Å². The number of aromatic hydroxyl groups is 1. The summed E-state index contributed by atoms with van der Waals surface area (Å²) in [5, 5.41) is 9.26. The number of hydrogen-bond acceptors (Lipinski definition) is 3. The van der Waals surface area contributed by atoms with Crippen LogP contribution in [0.1, 0.15) is 5.56 Å². The third-order valence-corrected chi connectivity index (χ3v) is 2.80. The first kappa shape index (κ1) is 11.6. The highest BCUT2D eigenvalue weighted by Gasteiger charge is 2.09. The van der Waals surface area contributed by atoms with E-state index in [2.05, 4.69) is 0 Å². The van der Waals surface area contributed by atoms with E-state index in [1.807, 2.05) is 19.1 Å². The molecule has 0 aliphatic carbocycles. The fourth-order valence-electron chi connectivity index (χ4n) is 1.76. The minimum absolute atomic E-state index is 0.215. The molecule has 2 rings (SSSR count). The molecule has 0 unspecified atom stereocenters. The average molecular weight is 246 g/mol. The Bertz CT molecular complexity index is 535. The van der Waals surface area contributed by atoms with Crippen LogP contribution < -0.4 is 4.52 Å². The molecule has 0 radical (unpaired) electrons. The minimum atomic E-state index is -0.376. The van der Waals surface area contributed by atoms with Gasteiger partial charge >= 0.3 is 8.69 Å². The normalized spacial score (nSPS) is 10.4. The Morgan fingerprint density at radius 1 is 1.12 bits per heavy atom. The largest absolute Gasteiger partial charge is 0.508 e. The fourth-order valence-corrected chi connectivity index (χ4v) is 1.99. The summed E-state index contributed by atoms with van der Waals surface area (Å²) in [4.78, 5) is 0. The molecule has 0 bridgehead atoms. The molecule has 0 amide bonds. The summed E-state index contributed by atoms with van der Waals surface area (Å²) in [6.07, 6.45) is 0. The van der Waals surface area contributed by atoms with Gasteiger partial charge in [0.25, 0.3) is 0 Å². The fraction of sp³-hybridized carbons (Fsp3) is 0.0769. The lowest BCUT2D eigenvalue weighted by atomic mass is 9.99. The smallest absolute Gasteiger partial charge is 0.395 e. The van der Waals surface area contributed by atoms with Gasteiger partial charge in [0.2, 0.25) is 0 Å². The molecule has 0 aliphatic rings. The quantitative estimate of drug-likeness (QED) is 0.834. The maximum absolute atomic E-state index is 10.6. The van der Waals surface area contributed by atoms with Gasteiger partial charge in [-0.25, -0.2) is 4.57 Å². The van der Waals surface area contributed by atoms with Crippen molar-refractivity contribution in [3.8, 4) is 22.6 Å². The van der Waals surface area contributed by atoms with Crippen molar-refractivity contribution >= 4 is 8.69 Å². The molecule has 1 N–H and O–H groups in total. The Kier molecular flexibility index (Phi) is 3.40. The Morgan fingerprint density at radius 2 is 1.82 bits per heavy atom. The molecule has 17 heavy (non-hydrogen) atoms. The Balaban J connectivity index is 2.56. The van der Waals surface area contributed by atoms with E-state index in [0.717, 1.165) is 16.7 Å². The van der Waals surface area contributed by atoms with Gasteiger partial charge in [-0.05, 0) is 36.2 Å². The maximum atomic E-state index is 10.6. The maximum Gasteiger partial charge on any atom is 0.395 e. The van der Waals surface area contributed by atoms with Crippen LogP contribution in [-0.2, 0) is 4.57 Å². The zero-order valence-corrected chi connectivity index (χ0v) is 10.1. The second-order valence-corrected chi connectivity index (χ2v) is 3.99. The number of hydrogen-bond donors (Lipinski definition) is 1. The first-order chi connectivity index (χ1) is 8.22. The highest BCUT2D eigenvalue weighted by atomic mass is 31.1. The first-order valence-electron chi connectivity index (χ1n) is 5.11. The van der Waals surface area contributed by atoms with Gasteiger partial charge in [0.05, 0.1) is 0 Å². The highest BCUT2D eigenvalue weighted by Crippen LogP contribution is 2.35. The first-order valence-corrected chi connectivity index (χ1v) is 5.84. The van der Waals surface area contributed by atoms with Crippen molar-refractivity contribution in [2.75, 3.05) is 0 Å². The summed E-state index contributed by atoms with van der Waals surface area (Å²) >= 11 is 0. The number of rotatable bonds is 3. The van der Waals surface area contributed by atoms with Crippen LogP contribution >= 0.6 is 8.69 Å². The summed E-state index contributed by atoms with van der Waals surface area (Å²) in [7, 11) is -0.376. The summed E-state index contributed by atoms with van der Waals surface area (Å²) in [6.45, 7) is 1.96. The second kappa shape index (κ2) is 4.98. The van der Waals surface area contributed by atoms with Gasteiger partial charge in [-0.2, -0.15) is 0 Å². The molecular weight excluding hydrogens is 235 g/mol. The van der Waals surface area contributed by atoms with Crippen molar-refractivity contribution in [3.63, 3.8) is 0 Å². The van der Waals surface area contributed by atoms with E-state index in [-0.39, 0.29) is 14.4 Å². The Morgan fingerprint density at radius 3 is 2.47 bits per heavy atom. The predicted molar refractivity (Wildman–Crippen MR) is 66.5 cm³/mol. The van der Waals surface area contributed by atoms with Crippen molar-refractivity contribution in [1.29, 1.82) is 0 Å². The number of phenols is 1. The Labute approximate surface area is 101 Å². The zero-order valence-electron chi connectivity index (χ0n) is 9.25. The van der Waals surface area contributed by atoms with Gasteiger partial charge in [0.15, 0.2) is 0 Å². The standard InChI is InChI=1S/C13H11O3P/c1-9-3-2-4-12(16-17-15)13(9)10-5-7-11(14)8-6-10/h2-8,14H,1H3. The van der Waals surface area contributed by atoms with Gasteiger partial charge in [0, 0.05) is 5.56 Å². The third kappa shape index (κ3) is 2.45. The van der Waals surface area contributed by atoms with Gasteiger partial charge in [0.1, 0.15) is 11.5 Å². The van der Waals surface area contributed by atoms with E-state index in [1.165, 1.54) is 0 Å². The SMILES string of the molecule is Cc1cccc(OP=O)c1-c1ccc(O)cc1. The van der Waals surface area contributed by atoms with Gasteiger partial charge in [-0.1, -0.05) is 24.3 Å². The molecule has 0 fully saturated rings. The van der Waals surface area contributed by atoms with Crippen LogP contribution in [0.4, 0.5) is 0 Å². The van der Waals surface area contributed by atoms with Crippen LogP contribution in [0.15, 0.2) is 42.5 Å². The van der Waals surface area contributed by atoms with Crippen molar-refractivity contribution in [2.24, 2.45) is 0 Å². The van der Waals surface area contributed by atoms with Crippen LogP contribution in [0.25, 0.3) is 11.1 Å². The molecule has 2 aromatic carbocycles. The van der Waals surface area contributed by atoms with E-state index in [9.17, 15) is 9.67 Å². The molecule has 0 saturated heterocycles. The molecule has 0 spiro atoms. The number of aryl methyl sites for hydroxylation is 1. The molecule has 0 aliphatic heterocycles. The van der Waals surface area contributed by atoms with Crippen LogP contribution in [0.2, 0.25) is 0 Å². The monoisotopic (exact) mass is 246 g/mol. The second-order valence-electron chi connectivity index (χ2n) is 3.66. The predicted octanol–water partition coefficient (Wildman–Crippen LogP) is 3.95. The van der Waals surface area contributed by atoms with E-state index in [1.54, 1.807) is 30.3 Å². The lowest BCUT2D eigenvalue weighted by Crippen LogP contribution is -1.87. The molecule has 0 saturated carbocycles. The van der Waals surface area contributed by atoms with E-state index < -0.39 is 0 Å². The topological polar surface area (TPSA) is 46.5 Å². The van der Waals surface area contributed by atoms with Crippen molar-refractivity contribution in [1.82, 2.24) is 0 Å². The van der Waals surface area contributed by atoms with Gasteiger partial charge in [-0.3, -0.25) is 0 Å². The van der Waals surface area contributed by atoms with Crippen molar-refractivity contribution < 1.29 is 14.2 Å². The summed E-state index contributed by atoms with van der Waals surface area (Å²) in [5.41, 5.74) is 2.83. The Hall–Kier alpha value is -1.86. The summed E-state index contributed by atoms with van der Waals surface area (Å²) < 4.78 is 15.6. The number of benzene rings is 2. The molecule has 0 atom stereocenters. The van der Waals surface area contributed by atoms with E-state index in [0.29, 0.717) is 5.75 Å². The molecule has 4 heteroatoms. The highest BCUT2D eigenvalue weighted by molar-refractivity contribution is 7.17. The molecule has 2 aromatic rings. The lowest BCUT2D eigenvalue weighted by Gasteiger charge is -2.10. The van der Waals surface area contributed by atoms with Gasteiger partial charge in [-0.15, -0.1) is 0 Å². The van der Waals surface area contributed by atoms with Crippen LogP contribution in [0, 0.1) is 6.92 Å². The van der Waals surface area contributed by atoms with Crippen molar-refractivity contribution in [2.45, 2.75) is 6.92 Å². The van der Waals surface area contributed by atoms with Gasteiger partial charge < -0.3 is 9.63 Å². The lowest BCUT2D eigenvalue weighted by molar-refractivity contribution is 0.475. The van der Waals surface area contributed by atoms with E-state index >= 15 is 0 Å². The third-order valence-electron chi connectivity index (χ3n) is 2.53. The molecule has 3 nitrogen and oxygen atoms in total.